The fraction of sp³-hybridized carbons (Fsp3) is 0.667. The molecule has 1 aromatic rings. The van der Waals surface area contributed by atoms with E-state index in [0.717, 1.165) is 37.6 Å². The van der Waals surface area contributed by atoms with E-state index in [1.807, 2.05) is 19.2 Å². The Labute approximate surface area is 116 Å². The second-order valence-electron chi connectivity index (χ2n) is 5.49. The predicted molar refractivity (Wildman–Crippen MR) is 80.4 cm³/mol. The summed E-state index contributed by atoms with van der Waals surface area (Å²) in [6.45, 7) is 10.9. The molecule has 2 heterocycles. The van der Waals surface area contributed by atoms with E-state index in [9.17, 15) is 0 Å². The lowest BCUT2D eigenvalue weighted by Crippen LogP contribution is -2.50. The van der Waals surface area contributed by atoms with Gasteiger partial charge in [0.25, 0.3) is 0 Å². The molecule has 0 radical (unpaired) electrons. The number of hydrogen-bond acceptors (Lipinski definition) is 4. The maximum Gasteiger partial charge on any atom is 0.133 e. The number of hydrogen-bond donors (Lipinski definition) is 1. The molecule has 1 fully saturated rings. The molecule has 2 N–H and O–H groups in total. The lowest BCUT2D eigenvalue weighted by Gasteiger charge is -2.39. The fourth-order valence-electron chi connectivity index (χ4n) is 2.66. The van der Waals surface area contributed by atoms with Gasteiger partial charge in [-0.1, -0.05) is 13.0 Å². The second-order valence-corrected chi connectivity index (χ2v) is 5.49. The molecule has 1 unspecified atom stereocenters. The molecule has 1 saturated heterocycles. The zero-order chi connectivity index (χ0) is 13.8. The number of anilines is 1. The SMILES string of the molecule is CCC(C)N1CCN(c2ncccc2[C@H](C)N)CC1. The summed E-state index contributed by atoms with van der Waals surface area (Å²) in [4.78, 5) is 9.47. The third-order valence-electron chi connectivity index (χ3n) is 4.14. The van der Waals surface area contributed by atoms with Gasteiger partial charge in [-0.05, 0) is 26.3 Å². The van der Waals surface area contributed by atoms with E-state index >= 15 is 0 Å². The first-order chi connectivity index (χ1) is 9.13. The molecule has 0 aliphatic carbocycles. The molecule has 2 rings (SSSR count). The average Bonchev–Trinajstić information content (AvgIpc) is 2.46. The number of piperazine rings is 1. The van der Waals surface area contributed by atoms with E-state index in [1.165, 1.54) is 6.42 Å². The van der Waals surface area contributed by atoms with E-state index in [4.69, 9.17) is 5.73 Å². The fourth-order valence-corrected chi connectivity index (χ4v) is 2.66. The van der Waals surface area contributed by atoms with Crippen molar-refractivity contribution in [1.29, 1.82) is 0 Å². The normalized spacial score (nSPS) is 20.3. The Hall–Kier alpha value is -1.13. The van der Waals surface area contributed by atoms with Crippen molar-refractivity contribution in [2.75, 3.05) is 31.1 Å². The summed E-state index contributed by atoms with van der Waals surface area (Å²) in [5.41, 5.74) is 7.19. The topological polar surface area (TPSA) is 45.4 Å². The van der Waals surface area contributed by atoms with Crippen LogP contribution in [0, 0.1) is 0 Å². The number of nitrogens with two attached hydrogens (primary N) is 1. The highest BCUT2D eigenvalue weighted by molar-refractivity contribution is 5.48. The molecule has 2 atom stereocenters. The summed E-state index contributed by atoms with van der Waals surface area (Å²) >= 11 is 0. The van der Waals surface area contributed by atoms with Gasteiger partial charge in [0.15, 0.2) is 0 Å². The van der Waals surface area contributed by atoms with Crippen LogP contribution in [0.3, 0.4) is 0 Å². The third kappa shape index (κ3) is 3.25. The van der Waals surface area contributed by atoms with Crippen LogP contribution in [0.25, 0.3) is 0 Å². The molecule has 0 bridgehead atoms. The predicted octanol–water partition coefficient (Wildman–Crippen LogP) is 2.02. The van der Waals surface area contributed by atoms with Crippen LogP contribution in [0.5, 0.6) is 0 Å². The Balaban J connectivity index is 2.06. The summed E-state index contributed by atoms with van der Waals surface area (Å²) in [5.74, 6) is 1.07. The van der Waals surface area contributed by atoms with Crippen LogP contribution >= 0.6 is 0 Å². The minimum absolute atomic E-state index is 0.0382. The van der Waals surface area contributed by atoms with Crippen molar-refractivity contribution in [3.8, 4) is 0 Å². The van der Waals surface area contributed by atoms with Gasteiger partial charge in [0.1, 0.15) is 5.82 Å². The van der Waals surface area contributed by atoms with E-state index in [1.54, 1.807) is 0 Å². The first-order valence-electron chi connectivity index (χ1n) is 7.33. The first-order valence-corrected chi connectivity index (χ1v) is 7.33. The maximum absolute atomic E-state index is 6.04. The smallest absolute Gasteiger partial charge is 0.133 e. The summed E-state index contributed by atoms with van der Waals surface area (Å²) in [6, 6.07) is 4.78. The molecule has 106 valence electrons. The molecule has 0 amide bonds. The van der Waals surface area contributed by atoms with Gasteiger partial charge in [-0.25, -0.2) is 4.98 Å². The summed E-state index contributed by atoms with van der Waals surface area (Å²) in [5, 5.41) is 0. The lowest BCUT2D eigenvalue weighted by atomic mass is 10.1. The van der Waals surface area contributed by atoms with E-state index in [2.05, 4.69) is 34.7 Å². The zero-order valence-corrected chi connectivity index (χ0v) is 12.3. The highest BCUT2D eigenvalue weighted by atomic mass is 15.3. The molecule has 1 aliphatic rings. The Morgan fingerprint density at radius 1 is 1.26 bits per heavy atom. The Bertz CT molecular complexity index is 397. The highest BCUT2D eigenvalue weighted by Crippen LogP contribution is 2.23. The average molecular weight is 262 g/mol. The minimum Gasteiger partial charge on any atom is -0.354 e. The lowest BCUT2D eigenvalue weighted by molar-refractivity contribution is 0.192. The molecule has 4 nitrogen and oxygen atoms in total. The quantitative estimate of drug-likeness (QED) is 0.902. The van der Waals surface area contributed by atoms with Crippen molar-refractivity contribution in [1.82, 2.24) is 9.88 Å². The summed E-state index contributed by atoms with van der Waals surface area (Å²) < 4.78 is 0. The second kappa shape index (κ2) is 6.35. The molecule has 1 aromatic heterocycles. The van der Waals surface area contributed by atoms with Crippen LogP contribution in [-0.2, 0) is 0 Å². The van der Waals surface area contributed by atoms with Gasteiger partial charge in [-0.2, -0.15) is 0 Å². The Morgan fingerprint density at radius 3 is 2.53 bits per heavy atom. The van der Waals surface area contributed by atoms with Crippen molar-refractivity contribution < 1.29 is 0 Å². The van der Waals surface area contributed by atoms with Crippen LogP contribution in [0.4, 0.5) is 5.82 Å². The molecule has 19 heavy (non-hydrogen) atoms. The Morgan fingerprint density at radius 2 is 1.95 bits per heavy atom. The largest absolute Gasteiger partial charge is 0.354 e. The number of nitrogens with zero attached hydrogens (tertiary/aromatic N) is 3. The van der Waals surface area contributed by atoms with Crippen LogP contribution in [0.1, 0.15) is 38.8 Å². The number of rotatable bonds is 4. The van der Waals surface area contributed by atoms with Gasteiger partial charge in [0.2, 0.25) is 0 Å². The first kappa shape index (κ1) is 14.3. The maximum atomic E-state index is 6.04. The van der Waals surface area contributed by atoms with E-state index in [0.29, 0.717) is 6.04 Å². The van der Waals surface area contributed by atoms with Crippen LogP contribution in [-0.4, -0.2) is 42.1 Å². The van der Waals surface area contributed by atoms with Crippen molar-refractivity contribution in [2.24, 2.45) is 5.73 Å². The van der Waals surface area contributed by atoms with Gasteiger partial charge in [-0.3, -0.25) is 4.90 Å². The minimum atomic E-state index is 0.0382. The van der Waals surface area contributed by atoms with Crippen LogP contribution in [0.2, 0.25) is 0 Å². The molecular formula is C15H26N4. The van der Waals surface area contributed by atoms with Crippen LogP contribution < -0.4 is 10.6 Å². The number of pyridine rings is 1. The van der Waals surface area contributed by atoms with Gasteiger partial charge in [0, 0.05) is 50.0 Å². The standard InChI is InChI=1S/C15H26N4/c1-4-12(2)18-8-10-19(11-9-18)15-14(13(3)16)6-5-7-17-15/h5-7,12-13H,4,8-11,16H2,1-3H3/t12?,13-/m0/s1. The molecular weight excluding hydrogens is 236 g/mol. The molecule has 0 saturated carbocycles. The molecule has 0 spiro atoms. The third-order valence-corrected chi connectivity index (χ3v) is 4.14. The number of aromatic nitrogens is 1. The zero-order valence-electron chi connectivity index (χ0n) is 12.3. The van der Waals surface area contributed by atoms with Gasteiger partial charge < -0.3 is 10.6 Å². The van der Waals surface area contributed by atoms with Crippen molar-refractivity contribution >= 4 is 5.82 Å². The van der Waals surface area contributed by atoms with Crippen molar-refractivity contribution in [3.05, 3.63) is 23.9 Å². The molecule has 4 heteroatoms. The van der Waals surface area contributed by atoms with Crippen molar-refractivity contribution in [3.63, 3.8) is 0 Å². The monoisotopic (exact) mass is 262 g/mol. The molecule has 0 aromatic carbocycles. The van der Waals surface area contributed by atoms with Crippen LogP contribution in [0.15, 0.2) is 18.3 Å². The summed E-state index contributed by atoms with van der Waals surface area (Å²) in [6.07, 6.45) is 3.08. The Kier molecular flexibility index (Phi) is 4.77. The van der Waals surface area contributed by atoms with E-state index < -0.39 is 0 Å². The van der Waals surface area contributed by atoms with Crippen molar-refractivity contribution in [2.45, 2.75) is 39.3 Å². The van der Waals surface area contributed by atoms with Gasteiger partial charge in [-0.15, -0.1) is 0 Å². The molecule has 1 aliphatic heterocycles. The summed E-state index contributed by atoms with van der Waals surface area (Å²) in [7, 11) is 0. The van der Waals surface area contributed by atoms with Gasteiger partial charge in [0.05, 0.1) is 0 Å². The van der Waals surface area contributed by atoms with Gasteiger partial charge >= 0.3 is 0 Å². The highest BCUT2D eigenvalue weighted by Gasteiger charge is 2.22. The van der Waals surface area contributed by atoms with E-state index in [-0.39, 0.29) is 6.04 Å².